The molecule has 0 spiro atoms. The van der Waals surface area contributed by atoms with Crippen molar-refractivity contribution in [2.45, 2.75) is 26.8 Å². The molecule has 1 nitrogen and oxygen atoms in total. The van der Waals surface area contributed by atoms with Crippen LogP contribution in [-0.4, -0.2) is 6.54 Å². The summed E-state index contributed by atoms with van der Waals surface area (Å²) in [5.74, 6) is -0.565. The van der Waals surface area contributed by atoms with Gasteiger partial charge in [-0.2, -0.15) is 0 Å². The second kappa shape index (κ2) is 6.54. The zero-order chi connectivity index (χ0) is 15.6. The second-order valence-corrected chi connectivity index (χ2v) is 5.53. The Morgan fingerprint density at radius 3 is 2.24 bits per heavy atom. The van der Waals surface area contributed by atoms with Crippen LogP contribution in [0.1, 0.15) is 35.2 Å². The van der Waals surface area contributed by atoms with Crippen molar-refractivity contribution in [3.63, 3.8) is 0 Å². The lowest BCUT2D eigenvalue weighted by Crippen LogP contribution is -2.22. The molecule has 0 aromatic heterocycles. The van der Waals surface area contributed by atoms with Crippen molar-refractivity contribution in [3.8, 4) is 0 Å². The third kappa shape index (κ3) is 3.42. The van der Waals surface area contributed by atoms with Crippen LogP contribution in [0.2, 0.25) is 5.02 Å². The molecule has 0 aliphatic carbocycles. The molecule has 2 rings (SSSR count). The van der Waals surface area contributed by atoms with E-state index in [9.17, 15) is 8.78 Å². The number of rotatable bonds is 4. The molecule has 0 radical (unpaired) electrons. The lowest BCUT2D eigenvalue weighted by atomic mass is 9.95. The van der Waals surface area contributed by atoms with E-state index in [1.807, 2.05) is 6.92 Å². The van der Waals surface area contributed by atoms with Gasteiger partial charge in [0.15, 0.2) is 0 Å². The monoisotopic (exact) mass is 309 g/mol. The van der Waals surface area contributed by atoms with E-state index in [4.69, 9.17) is 11.6 Å². The first-order chi connectivity index (χ1) is 9.93. The minimum atomic E-state index is -0.370. The van der Waals surface area contributed by atoms with Crippen LogP contribution in [0.5, 0.6) is 0 Å². The number of benzene rings is 2. The summed E-state index contributed by atoms with van der Waals surface area (Å²) in [6.07, 6.45) is 0. The first kappa shape index (κ1) is 15.9. The molecule has 21 heavy (non-hydrogen) atoms. The maximum absolute atomic E-state index is 13.8. The smallest absolute Gasteiger partial charge is 0.129 e. The molecular weight excluding hydrogens is 292 g/mol. The fourth-order valence-electron chi connectivity index (χ4n) is 2.49. The van der Waals surface area contributed by atoms with Crippen LogP contribution in [0.15, 0.2) is 30.3 Å². The van der Waals surface area contributed by atoms with E-state index in [1.165, 1.54) is 12.1 Å². The maximum atomic E-state index is 13.8. The van der Waals surface area contributed by atoms with E-state index >= 15 is 0 Å². The molecule has 0 heterocycles. The molecular formula is C17H18ClF2N. The molecule has 2 aromatic carbocycles. The summed E-state index contributed by atoms with van der Waals surface area (Å²) in [5.41, 5.74) is 2.88. The van der Waals surface area contributed by atoms with Crippen molar-refractivity contribution < 1.29 is 8.78 Å². The SMILES string of the molecule is CCNC(c1cc(C)c(F)c(C)c1)c1ccc(F)cc1Cl. The van der Waals surface area contributed by atoms with E-state index in [2.05, 4.69) is 5.32 Å². The molecule has 0 saturated heterocycles. The van der Waals surface area contributed by atoms with Crippen molar-refractivity contribution in [1.82, 2.24) is 5.32 Å². The highest BCUT2D eigenvalue weighted by Crippen LogP contribution is 2.30. The quantitative estimate of drug-likeness (QED) is 0.844. The Labute approximate surface area is 128 Å². The minimum absolute atomic E-state index is 0.193. The van der Waals surface area contributed by atoms with Gasteiger partial charge in [0.2, 0.25) is 0 Å². The summed E-state index contributed by atoms with van der Waals surface area (Å²) in [7, 11) is 0. The van der Waals surface area contributed by atoms with Crippen molar-refractivity contribution in [3.05, 3.63) is 69.2 Å². The van der Waals surface area contributed by atoms with Crippen LogP contribution in [0, 0.1) is 25.5 Å². The minimum Gasteiger partial charge on any atom is -0.306 e. The Balaban J connectivity index is 2.53. The zero-order valence-corrected chi connectivity index (χ0v) is 13.1. The molecule has 112 valence electrons. The van der Waals surface area contributed by atoms with Crippen molar-refractivity contribution in [2.24, 2.45) is 0 Å². The van der Waals surface area contributed by atoms with Crippen LogP contribution in [0.4, 0.5) is 8.78 Å². The van der Waals surface area contributed by atoms with E-state index < -0.39 is 0 Å². The van der Waals surface area contributed by atoms with E-state index in [0.717, 1.165) is 11.1 Å². The summed E-state index contributed by atoms with van der Waals surface area (Å²) in [6.45, 7) is 6.17. The highest BCUT2D eigenvalue weighted by molar-refractivity contribution is 6.31. The molecule has 1 atom stereocenters. The molecule has 4 heteroatoms. The average molecular weight is 310 g/mol. The Kier molecular flexibility index (Phi) is 4.96. The van der Waals surface area contributed by atoms with Crippen LogP contribution < -0.4 is 5.32 Å². The average Bonchev–Trinajstić information content (AvgIpc) is 2.42. The van der Waals surface area contributed by atoms with E-state index in [0.29, 0.717) is 22.7 Å². The number of hydrogen-bond donors (Lipinski definition) is 1. The van der Waals surface area contributed by atoms with Gasteiger partial charge in [-0.15, -0.1) is 0 Å². The van der Waals surface area contributed by atoms with Gasteiger partial charge < -0.3 is 5.32 Å². The summed E-state index contributed by atoms with van der Waals surface area (Å²) >= 11 is 6.17. The molecule has 0 aliphatic heterocycles. The van der Waals surface area contributed by atoms with Gasteiger partial charge in [0.1, 0.15) is 11.6 Å². The number of aryl methyl sites for hydroxylation is 2. The van der Waals surface area contributed by atoms with Gasteiger partial charge in [-0.1, -0.05) is 36.7 Å². The van der Waals surface area contributed by atoms with Gasteiger partial charge in [-0.05, 0) is 54.8 Å². The van der Waals surface area contributed by atoms with Crippen LogP contribution in [-0.2, 0) is 0 Å². The summed E-state index contributed by atoms with van der Waals surface area (Å²) in [6, 6.07) is 7.75. The largest absolute Gasteiger partial charge is 0.306 e. The Morgan fingerprint density at radius 2 is 1.71 bits per heavy atom. The van der Waals surface area contributed by atoms with Gasteiger partial charge in [-0.3, -0.25) is 0 Å². The lowest BCUT2D eigenvalue weighted by Gasteiger charge is -2.21. The second-order valence-electron chi connectivity index (χ2n) is 5.13. The van der Waals surface area contributed by atoms with Crippen molar-refractivity contribution >= 4 is 11.6 Å². The fraction of sp³-hybridized carbons (Fsp3) is 0.294. The Morgan fingerprint density at radius 1 is 1.10 bits per heavy atom. The van der Waals surface area contributed by atoms with E-state index in [1.54, 1.807) is 32.0 Å². The van der Waals surface area contributed by atoms with Crippen LogP contribution in [0.3, 0.4) is 0 Å². The van der Waals surface area contributed by atoms with Gasteiger partial charge in [0.25, 0.3) is 0 Å². The molecule has 0 aliphatic rings. The molecule has 1 unspecified atom stereocenters. The normalized spacial score (nSPS) is 12.5. The predicted molar refractivity (Wildman–Crippen MR) is 82.8 cm³/mol. The standard InChI is InChI=1S/C17H18ClF2N/c1-4-21-17(14-6-5-13(19)9-15(14)18)12-7-10(2)16(20)11(3)8-12/h5-9,17,21H,4H2,1-3H3. The van der Waals surface area contributed by atoms with Gasteiger partial charge in [0, 0.05) is 5.02 Å². The van der Waals surface area contributed by atoms with Crippen molar-refractivity contribution in [2.75, 3.05) is 6.54 Å². The Bertz CT molecular complexity index is 632. The fourth-order valence-corrected chi connectivity index (χ4v) is 2.77. The Hall–Kier alpha value is -1.45. The molecule has 0 bridgehead atoms. The third-order valence-corrected chi connectivity index (χ3v) is 3.80. The summed E-state index contributed by atoms with van der Waals surface area (Å²) in [5, 5.41) is 3.68. The van der Waals surface area contributed by atoms with Crippen LogP contribution >= 0.6 is 11.6 Å². The zero-order valence-electron chi connectivity index (χ0n) is 12.3. The van der Waals surface area contributed by atoms with E-state index in [-0.39, 0.29) is 17.7 Å². The summed E-state index contributed by atoms with van der Waals surface area (Å²) < 4.78 is 27.0. The third-order valence-electron chi connectivity index (χ3n) is 3.47. The predicted octanol–water partition coefficient (Wildman–Crippen LogP) is 4.93. The van der Waals surface area contributed by atoms with Gasteiger partial charge in [0.05, 0.1) is 6.04 Å². The molecule has 0 amide bonds. The number of halogens is 3. The first-order valence-electron chi connectivity index (χ1n) is 6.89. The lowest BCUT2D eigenvalue weighted by molar-refractivity contribution is 0.596. The van der Waals surface area contributed by atoms with Crippen LogP contribution in [0.25, 0.3) is 0 Å². The van der Waals surface area contributed by atoms with Crippen molar-refractivity contribution in [1.29, 1.82) is 0 Å². The highest BCUT2D eigenvalue weighted by atomic mass is 35.5. The molecule has 0 saturated carbocycles. The topological polar surface area (TPSA) is 12.0 Å². The molecule has 0 fully saturated rings. The van der Waals surface area contributed by atoms with Gasteiger partial charge >= 0.3 is 0 Å². The number of nitrogens with one attached hydrogen (secondary N) is 1. The maximum Gasteiger partial charge on any atom is 0.129 e. The first-order valence-corrected chi connectivity index (χ1v) is 7.26. The summed E-state index contributed by atoms with van der Waals surface area (Å²) in [4.78, 5) is 0. The molecule has 2 aromatic rings. The highest BCUT2D eigenvalue weighted by Gasteiger charge is 2.18. The molecule has 1 N–H and O–H groups in total. The number of hydrogen-bond acceptors (Lipinski definition) is 1. The van der Waals surface area contributed by atoms with Gasteiger partial charge in [-0.25, -0.2) is 8.78 Å².